The molecule has 1 aliphatic rings. The zero-order valence-corrected chi connectivity index (χ0v) is 19.6. The van der Waals surface area contributed by atoms with Crippen LogP contribution in [0.4, 0.5) is 11.5 Å². The Kier molecular flexibility index (Phi) is 6.98. The number of nitrogens with zero attached hydrogens (tertiary/aromatic N) is 4. The zero-order valence-electron chi connectivity index (χ0n) is 18.1. The maximum Gasteiger partial charge on any atom is 0.265 e. The van der Waals surface area contributed by atoms with Gasteiger partial charge in [-0.25, -0.2) is 13.4 Å². The molecule has 0 spiro atoms. The number of hydrogen-bond acceptors (Lipinski definition) is 5. The average Bonchev–Trinajstić information content (AvgIpc) is 2.82. The Morgan fingerprint density at radius 3 is 2.22 bits per heavy atom. The highest BCUT2D eigenvalue weighted by Crippen LogP contribution is 2.24. The van der Waals surface area contributed by atoms with E-state index in [0.717, 1.165) is 43.6 Å². The summed E-state index contributed by atoms with van der Waals surface area (Å²) in [6.07, 6.45) is 1.47. The Morgan fingerprint density at radius 2 is 1.62 bits per heavy atom. The number of benzene rings is 2. The van der Waals surface area contributed by atoms with Crippen LogP contribution in [0, 0.1) is 0 Å². The number of hydrogen-bond donors (Lipinski definition) is 0. The number of para-hydroxylation sites is 1. The van der Waals surface area contributed by atoms with Crippen LogP contribution in [0.2, 0.25) is 5.02 Å². The standard InChI is InChI=1S/C24H27ClN4O2S/c1-2-29(22-6-4-3-5-7-22)32(30,31)23-12-13-24(26-18-23)28-16-14-27(15-17-28)19-20-8-10-21(25)11-9-20/h3-13,18H,2,14-17,19H2,1H3. The van der Waals surface area contributed by atoms with Crippen molar-refractivity contribution in [3.05, 3.63) is 83.5 Å². The van der Waals surface area contributed by atoms with E-state index in [4.69, 9.17) is 11.6 Å². The molecular weight excluding hydrogens is 444 g/mol. The molecular formula is C24H27ClN4O2S. The van der Waals surface area contributed by atoms with Crippen LogP contribution < -0.4 is 9.21 Å². The second-order valence-electron chi connectivity index (χ2n) is 7.75. The van der Waals surface area contributed by atoms with E-state index >= 15 is 0 Å². The molecule has 2 aromatic carbocycles. The van der Waals surface area contributed by atoms with E-state index in [0.29, 0.717) is 12.2 Å². The van der Waals surface area contributed by atoms with Crippen LogP contribution in [0.5, 0.6) is 0 Å². The Labute approximate surface area is 195 Å². The van der Waals surface area contributed by atoms with Gasteiger partial charge in [0.2, 0.25) is 0 Å². The minimum Gasteiger partial charge on any atom is -0.354 e. The van der Waals surface area contributed by atoms with Gasteiger partial charge in [0.1, 0.15) is 10.7 Å². The molecule has 0 unspecified atom stereocenters. The van der Waals surface area contributed by atoms with Gasteiger partial charge in [0.15, 0.2) is 0 Å². The summed E-state index contributed by atoms with van der Waals surface area (Å²) >= 11 is 5.97. The van der Waals surface area contributed by atoms with Gasteiger partial charge in [-0.1, -0.05) is 41.9 Å². The van der Waals surface area contributed by atoms with Gasteiger partial charge in [-0.3, -0.25) is 9.21 Å². The lowest BCUT2D eigenvalue weighted by Crippen LogP contribution is -2.46. The van der Waals surface area contributed by atoms with Crippen molar-refractivity contribution in [1.82, 2.24) is 9.88 Å². The SMILES string of the molecule is CCN(c1ccccc1)S(=O)(=O)c1ccc(N2CCN(Cc3ccc(Cl)cc3)CC2)nc1. The van der Waals surface area contributed by atoms with Gasteiger partial charge in [-0.05, 0) is 48.9 Å². The summed E-state index contributed by atoms with van der Waals surface area (Å²) in [5.74, 6) is 0.804. The predicted molar refractivity (Wildman–Crippen MR) is 130 cm³/mol. The molecule has 1 aromatic heterocycles. The summed E-state index contributed by atoms with van der Waals surface area (Å²) in [4.78, 5) is 9.29. The van der Waals surface area contributed by atoms with Gasteiger partial charge in [-0.2, -0.15) is 0 Å². The van der Waals surface area contributed by atoms with E-state index in [-0.39, 0.29) is 4.90 Å². The summed E-state index contributed by atoms with van der Waals surface area (Å²) in [7, 11) is -3.66. The minimum atomic E-state index is -3.66. The van der Waals surface area contributed by atoms with Crippen molar-refractivity contribution in [3.8, 4) is 0 Å². The smallest absolute Gasteiger partial charge is 0.265 e. The number of halogens is 1. The number of aromatic nitrogens is 1. The number of pyridine rings is 1. The Hall–Kier alpha value is -2.61. The van der Waals surface area contributed by atoms with Crippen molar-refractivity contribution in [2.24, 2.45) is 0 Å². The molecule has 0 amide bonds. The maximum atomic E-state index is 13.1. The number of rotatable bonds is 7. The highest BCUT2D eigenvalue weighted by atomic mass is 35.5. The topological polar surface area (TPSA) is 56.8 Å². The molecule has 0 aliphatic carbocycles. The summed E-state index contributed by atoms with van der Waals surface area (Å²) in [6, 6.07) is 20.6. The van der Waals surface area contributed by atoms with Gasteiger partial charge in [-0.15, -0.1) is 0 Å². The molecule has 8 heteroatoms. The van der Waals surface area contributed by atoms with Gasteiger partial charge < -0.3 is 4.90 Å². The van der Waals surface area contributed by atoms with Crippen molar-refractivity contribution >= 4 is 33.1 Å². The first-order valence-corrected chi connectivity index (χ1v) is 12.5. The van der Waals surface area contributed by atoms with Crippen LogP contribution in [0.3, 0.4) is 0 Å². The average molecular weight is 471 g/mol. The van der Waals surface area contributed by atoms with E-state index in [2.05, 4.69) is 26.9 Å². The second-order valence-corrected chi connectivity index (χ2v) is 10.0. The van der Waals surface area contributed by atoms with Crippen LogP contribution in [-0.4, -0.2) is 51.0 Å². The summed E-state index contributed by atoms with van der Waals surface area (Å²) in [5.41, 5.74) is 1.89. The Balaban J connectivity index is 1.40. The van der Waals surface area contributed by atoms with Gasteiger partial charge in [0.05, 0.1) is 5.69 Å². The van der Waals surface area contributed by atoms with Crippen LogP contribution in [0.25, 0.3) is 0 Å². The van der Waals surface area contributed by atoms with Crippen molar-refractivity contribution < 1.29 is 8.42 Å². The first-order chi connectivity index (χ1) is 15.5. The molecule has 0 bridgehead atoms. The van der Waals surface area contributed by atoms with Crippen LogP contribution in [0.1, 0.15) is 12.5 Å². The molecule has 0 atom stereocenters. The van der Waals surface area contributed by atoms with Crippen molar-refractivity contribution in [1.29, 1.82) is 0 Å². The van der Waals surface area contributed by atoms with Crippen LogP contribution in [-0.2, 0) is 16.6 Å². The normalized spacial score (nSPS) is 15.0. The van der Waals surface area contributed by atoms with E-state index in [1.54, 1.807) is 24.3 Å². The van der Waals surface area contributed by atoms with Gasteiger partial charge in [0, 0.05) is 50.5 Å². The number of anilines is 2. The van der Waals surface area contributed by atoms with E-state index < -0.39 is 10.0 Å². The minimum absolute atomic E-state index is 0.202. The van der Waals surface area contributed by atoms with Crippen molar-refractivity contribution in [2.45, 2.75) is 18.4 Å². The molecule has 0 radical (unpaired) electrons. The molecule has 1 aliphatic heterocycles. The molecule has 1 fully saturated rings. The van der Waals surface area contributed by atoms with Gasteiger partial charge in [0.25, 0.3) is 10.0 Å². The summed E-state index contributed by atoms with van der Waals surface area (Å²) < 4.78 is 27.7. The Morgan fingerprint density at radius 1 is 0.938 bits per heavy atom. The first kappa shape index (κ1) is 22.6. The fourth-order valence-corrected chi connectivity index (χ4v) is 5.45. The lowest BCUT2D eigenvalue weighted by atomic mass is 10.2. The highest BCUT2D eigenvalue weighted by molar-refractivity contribution is 7.92. The molecule has 2 heterocycles. The van der Waals surface area contributed by atoms with Crippen LogP contribution >= 0.6 is 11.6 Å². The highest BCUT2D eigenvalue weighted by Gasteiger charge is 2.25. The lowest BCUT2D eigenvalue weighted by Gasteiger charge is -2.35. The third-order valence-corrected chi connectivity index (χ3v) is 7.79. The summed E-state index contributed by atoms with van der Waals surface area (Å²) in [5, 5.41) is 0.751. The van der Waals surface area contributed by atoms with E-state index in [1.165, 1.54) is 16.1 Å². The van der Waals surface area contributed by atoms with E-state index in [9.17, 15) is 8.42 Å². The molecule has 168 valence electrons. The maximum absolute atomic E-state index is 13.1. The molecule has 0 N–H and O–H groups in total. The zero-order chi connectivity index (χ0) is 22.6. The van der Waals surface area contributed by atoms with Crippen molar-refractivity contribution in [2.75, 3.05) is 41.9 Å². The third-order valence-electron chi connectivity index (χ3n) is 5.66. The first-order valence-electron chi connectivity index (χ1n) is 10.7. The number of sulfonamides is 1. The molecule has 1 saturated heterocycles. The quantitative estimate of drug-likeness (QED) is 0.516. The second kappa shape index (κ2) is 9.90. The molecule has 4 rings (SSSR count). The largest absolute Gasteiger partial charge is 0.354 e. The van der Waals surface area contributed by atoms with Crippen molar-refractivity contribution in [3.63, 3.8) is 0 Å². The Bertz CT molecular complexity index is 1110. The fourth-order valence-electron chi connectivity index (χ4n) is 3.91. The fraction of sp³-hybridized carbons (Fsp3) is 0.292. The van der Waals surface area contributed by atoms with Crippen LogP contribution in [0.15, 0.2) is 77.8 Å². The third kappa shape index (κ3) is 5.06. The van der Waals surface area contributed by atoms with E-state index in [1.807, 2.05) is 37.3 Å². The molecule has 0 saturated carbocycles. The number of piperazine rings is 1. The monoisotopic (exact) mass is 470 g/mol. The predicted octanol–water partition coefficient (Wildman–Crippen LogP) is 4.27. The summed E-state index contributed by atoms with van der Waals surface area (Å²) in [6.45, 7) is 6.60. The molecule has 6 nitrogen and oxygen atoms in total. The van der Waals surface area contributed by atoms with Gasteiger partial charge >= 0.3 is 0 Å². The molecule has 32 heavy (non-hydrogen) atoms. The molecule has 3 aromatic rings. The lowest BCUT2D eigenvalue weighted by molar-refractivity contribution is 0.249.